The van der Waals surface area contributed by atoms with Gasteiger partial charge in [0.05, 0.1) is 16.6 Å². The van der Waals surface area contributed by atoms with Crippen LogP contribution in [0.4, 0.5) is 4.39 Å². The lowest BCUT2D eigenvalue weighted by Gasteiger charge is -2.01. The first kappa shape index (κ1) is 10.7. The molecule has 1 aliphatic heterocycles. The van der Waals surface area contributed by atoms with E-state index in [4.69, 9.17) is 28.0 Å². The van der Waals surface area contributed by atoms with Crippen LogP contribution in [0.15, 0.2) is 23.4 Å². The molecule has 1 aromatic rings. The van der Waals surface area contributed by atoms with Crippen LogP contribution in [-0.4, -0.2) is 17.7 Å². The maximum atomic E-state index is 13.2. The molecule has 0 spiro atoms. The fourth-order valence-corrected chi connectivity index (χ4v) is 1.64. The summed E-state index contributed by atoms with van der Waals surface area (Å²) in [5.41, 5.74) is 1.39. The quantitative estimate of drug-likeness (QED) is 0.736. The second-order valence-electron chi connectivity index (χ2n) is 3.25. The van der Waals surface area contributed by atoms with Crippen LogP contribution in [0, 0.1) is 5.82 Å². The Labute approximate surface area is 96.6 Å². The van der Waals surface area contributed by atoms with Gasteiger partial charge in [0.1, 0.15) is 11.9 Å². The van der Waals surface area contributed by atoms with E-state index in [9.17, 15) is 4.39 Å². The molecule has 0 fully saturated rings. The minimum absolute atomic E-state index is 0.104. The number of hydrogen-bond donors (Lipinski definition) is 0. The highest BCUT2D eigenvalue weighted by Crippen LogP contribution is 2.21. The predicted molar refractivity (Wildman–Crippen MR) is 58.2 cm³/mol. The zero-order chi connectivity index (χ0) is 10.8. The van der Waals surface area contributed by atoms with E-state index >= 15 is 0 Å². The summed E-state index contributed by atoms with van der Waals surface area (Å²) >= 11 is 11.2. The minimum atomic E-state index is -0.453. The highest BCUT2D eigenvalue weighted by molar-refractivity contribution is 6.30. The van der Waals surface area contributed by atoms with Crippen LogP contribution in [0.1, 0.15) is 12.0 Å². The Morgan fingerprint density at radius 3 is 2.93 bits per heavy atom. The summed E-state index contributed by atoms with van der Waals surface area (Å²) in [7, 11) is 0. The van der Waals surface area contributed by atoms with Crippen molar-refractivity contribution in [3.63, 3.8) is 0 Å². The second kappa shape index (κ2) is 4.37. The molecule has 1 atom stereocenters. The monoisotopic (exact) mass is 247 g/mol. The molecule has 1 unspecified atom stereocenters. The number of oxime groups is 1. The van der Waals surface area contributed by atoms with Crippen molar-refractivity contribution in [2.45, 2.75) is 12.5 Å². The summed E-state index contributed by atoms with van der Waals surface area (Å²) < 4.78 is 13.2. The molecule has 0 saturated carbocycles. The van der Waals surface area contributed by atoms with E-state index in [0.29, 0.717) is 23.6 Å². The number of alkyl halides is 1. The maximum Gasteiger partial charge on any atom is 0.146 e. The molecular weight excluding hydrogens is 240 g/mol. The topological polar surface area (TPSA) is 21.6 Å². The fourth-order valence-electron chi connectivity index (χ4n) is 1.36. The Hall–Kier alpha value is -0.800. The van der Waals surface area contributed by atoms with Crippen LogP contribution in [-0.2, 0) is 4.84 Å². The van der Waals surface area contributed by atoms with Gasteiger partial charge in [-0.25, -0.2) is 4.39 Å². The standard InChI is InChI=1S/C10H8Cl2FNO/c11-5-7-4-10(14-15-7)6-1-2-8(12)9(13)3-6/h1-3,7H,4-5H2. The van der Waals surface area contributed by atoms with E-state index in [1.54, 1.807) is 6.07 Å². The van der Waals surface area contributed by atoms with Crippen LogP contribution in [0.2, 0.25) is 5.02 Å². The van der Waals surface area contributed by atoms with Gasteiger partial charge in [0.2, 0.25) is 0 Å². The highest BCUT2D eigenvalue weighted by Gasteiger charge is 2.21. The third-order valence-electron chi connectivity index (χ3n) is 2.16. The molecule has 5 heteroatoms. The lowest BCUT2D eigenvalue weighted by atomic mass is 10.1. The molecule has 0 radical (unpaired) electrons. The van der Waals surface area contributed by atoms with Crippen molar-refractivity contribution in [2.75, 3.05) is 5.88 Å². The first-order chi connectivity index (χ1) is 7.20. The van der Waals surface area contributed by atoms with E-state index in [2.05, 4.69) is 5.16 Å². The van der Waals surface area contributed by atoms with Crippen molar-refractivity contribution < 1.29 is 9.23 Å². The van der Waals surface area contributed by atoms with Gasteiger partial charge < -0.3 is 4.84 Å². The van der Waals surface area contributed by atoms with Crippen LogP contribution >= 0.6 is 23.2 Å². The Bertz CT molecular complexity index is 408. The van der Waals surface area contributed by atoms with Crippen molar-refractivity contribution in [3.8, 4) is 0 Å². The largest absolute Gasteiger partial charge is 0.391 e. The molecule has 2 rings (SSSR count). The SMILES string of the molecule is Fc1cc(C2=NOC(CCl)C2)ccc1Cl. The van der Waals surface area contributed by atoms with Gasteiger partial charge in [-0.3, -0.25) is 0 Å². The van der Waals surface area contributed by atoms with Crippen molar-refractivity contribution in [1.29, 1.82) is 0 Å². The number of benzene rings is 1. The zero-order valence-electron chi connectivity index (χ0n) is 7.71. The molecule has 80 valence electrons. The molecule has 1 aromatic carbocycles. The van der Waals surface area contributed by atoms with Crippen LogP contribution in [0.5, 0.6) is 0 Å². The third-order valence-corrected chi connectivity index (χ3v) is 2.81. The average Bonchev–Trinajstić information content (AvgIpc) is 2.70. The Balaban J connectivity index is 2.21. The van der Waals surface area contributed by atoms with Crippen molar-refractivity contribution in [3.05, 3.63) is 34.6 Å². The van der Waals surface area contributed by atoms with Gasteiger partial charge in [0.25, 0.3) is 0 Å². The molecule has 0 amide bonds. The average molecular weight is 248 g/mol. The number of rotatable bonds is 2. The summed E-state index contributed by atoms with van der Waals surface area (Å²) in [4.78, 5) is 5.04. The smallest absolute Gasteiger partial charge is 0.146 e. The number of nitrogens with zero attached hydrogens (tertiary/aromatic N) is 1. The van der Waals surface area contributed by atoms with Gasteiger partial charge in [-0.1, -0.05) is 22.8 Å². The molecule has 0 aromatic heterocycles. The maximum absolute atomic E-state index is 13.2. The van der Waals surface area contributed by atoms with Crippen molar-refractivity contribution >= 4 is 28.9 Å². The molecule has 1 aliphatic rings. The summed E-state index contributed by atoms with van der Waals surface area (Å²) in [5.74, 6) is -0.0746. The van der Waals surface area contributed by atoms with E-state index in [-0.39, 0.29) is 11.1 Å². The van der Waals surface area contributed by atoms with E-state index < -0.39 is 5.82 Å². The van der Waals surface area contributed by atoms with E-state index in [1.165, 1.54) is 12.1 Å². The first-order valence-corrected chi connectivity index (χ1v) is 5.36. The van der Waals surface area contributed by atoms with Crippen molar-refractivity contribution in [2.24, 2.45) is 5.16 Å². The van der Waals surface area contributed by atoms with Crippen LogP contribution in [0.3, 0.4) is 0 Å². The molecular formula is C10H8Cl2FNO. The van der Waals surface area contributed by atoms with Gasteiger partial charge in [-0.05, 0) is 12.1 Å². The Morgan fingerprint density at radius 2 is 2.33 bits per heavy atom. The number of halogens is 3. The Kier molecular flexibility index (Phi) is 3.12. The van der Waals surface area contributed by atoms with Gasteiger partial charge in [0.15, 0.2) is 0 Å². The number of hydrogen-bond acceptors (Lipinski definition) is 2. The lowest BCUT2D eigenvalue weighted by Crippen LogP contribution is -2.09. The molecule has 2 nitrogen and oxygen atoms in total. The van der Waals surface area contributed by atoms with Crippen molar-refractivity contribution in [1.82, 2.24) is 0 Å². The molecule has 0 N–H and O–H groups in total. The van der Waals surface area contributed by atoms with E-state index in [0.717, 1.165) is 0 Å². The first-order valence-electron chi connectivity index (χ1n) is 4.45. The fraction of sp³-hybridized carbons (Fsp3) is 0.300. The summed E-state index contributed by atoms with van der Waals surface area (Å²) in [6, 6.07) is 4.56. The Morgan fingerprint density at radius 1 is 1.53 bits per heavy atom. The minimum Gasteiger partial charge on any atom is -0.391 e. The molecule has 1 heterocycles. The third kappa shape index (κ3) is 2.24. The predicted octanol–water partition coefficient (Wildman–Crippen LogP) is 3.21. The molecule has 15 heavy (non-hydrogen) atoms. The molecule has 0 saturated heterocycles. The zero-order valence-corrected chi connectivity index (χ0v) is 9.22. The van der Waals surface area contributed by atoms with E-state index in [1.807, 2.05) is 0 Å². The second-order valence-corrected chi connectivity index (χ2v) is 3.97. The lowest BCUT2D eigenvalue weighted by molar-refractivity contribution is 0.102. The van der Waals surface area contributed by atoms with Gasteiger partial charge in [-0.15, -0.1) is 11.6 Å². The molecule has 0 bridgehead atoms. The normalized spacial score (nSPS) is 19.9. The van der Waals surface area contributed by atoms with Crippen LogP contribution < -0.4 is 0 Å². The van der Waals surface area contributed by atoms with Crippen LogP contribution in [0.25, 0.3) is 0 Å². The summed E-state index contributed by atoms with van der Waals surface area (Å²) in [5, 5.41) is 3.96. The van der Waals surface area contributed by atoms with Gasteiger partial charge in [0, 0.05) is 12.0 Å². The molecule has 0 aliphatic carbocycles. The van der Waals surface area contributed by atoms with Gasteiger partial charge in [-0.2, -0.15) is 0 Å². The van der Waals surface area contributed by atoms with Gasteiger partial charge >= 0.3 is 0 Å². The highest BCUT2D eigenvalue weighted by atomic mass is 35.5. The summed E-state index contributed by atoms with van der Waals surface area (Å²) in [6.07, 6.45) is 0.491. The summed E-state index contributed by atoms with van der Waals surface area (Å²) in [6.45, 7) is 0.